The fraction of sp³-hybridized carbons (Fsp3) is 0.188. The number of nitrogen functional groups attached to an aromatic ring is 1. The van der Waals surface area contributed by atoms with Gasteiger partial charge in [-0.25, -0.2) is 4.39 Å². The van der Waals surface area contributed by atoms with Crippen LogP contribution in [0, 0.1) is 5.82 Å². The van der Waals surface area contributed by atoms with Crippen molar-refractivity contribution in [1.29, 1.82) is 0 Å². The monoisotopic (exact) mass is 348 g/mol. The first kappa shape index (κ1) is 14.1. The van der Waals surface area contributed by atoms with Gasteiger partial charge in [-0.05, 0) is 47.9 Å². The van der Waals surface area contributed by atoms with Crippen molar-refractivity contribution in [2.75, 3.05) is 12.3 Å². The lowest BCUT2D eigenvalue weighted by atomic mass is 9.98. The quantitative estimate of drug-likeness (QED) is 0.803. The highest BCUT2D eigenvalue weighted by Gasteiger charge is 2.24. The van der Waals surface area contributed by atoms with E-state index in [1.807, 2.05) is 18.2 Å². The first-order chi connectivity index (χ1) is 10.0. The Kier molecular flexibility index (Phi) is 3.68. The largest absolute Gasteiger partial charge is 0.399 e. The van der Waals surface area contributed by atoms with Crippen LogP contribution in [0.2, 0.25) is 0 Å². The van der Waals surface area contributed by atoms with Crippen molar-refractivity contribution >= 4 is 27.5 Å². The van der Waals surface area contributed by atoms with E-state index in [0.717, 1.165) is 12.0 Å². The van der Waals surface area contributed by atoms with Gasteiger partial charge in [0.2, 0.25) is 0 Å². The van der Waals surface area contributed by atoms with Crippen LogP contribution in [0.4, 0.5) is 10.1 Å². The minimum atomic E-state index is -0.499. The van der Waals surface area contributed by atoms with E-state index in [2.05, 4.69) is 15.9 Å². The van der Waals surface area contributed by atoms with Crippen LogP contribution in [0.3, 0.4) is 0 Å². The molecule has 0 aromatic heterocycles. The molecule has 2 N–H and O–H groups in total. The number of anilines is 1. The van der Waals surface area contributed by atoms with Crippen LogP contribution in [0.25, 0.3) is 0 Å². The zero-order chi connectivity index (χ0) is 15.0. The standard InChI is InChI=1S/C16H14BrFN2O/c17-12-2-4-15(18)14(8-12)16(21)20-6-5-10-1-3-13(19)7-11(10)9-20/h1-4,7-8H,5-6,9,19H2. The highest BCUT2D eigenvalue weighted by molar-refractivity contribution is 9.10. The van der Waals surface area contributed by atoms with Crippen LogP contribution < -0.4 is 5.73 Å². The van der Waals surface area contributed by atoms with Gasteiger partial charge >= 0.3 is 0 Å². The molecule has 5 heteroatoms. The third-order valence-corrected chi connectivity index (χ3v) is 4.18. The van der Waals surface area contributed by atoms with Crippen molar-refractivity contribution in [2.24, 2.45) is 0 Å². The molecule has 0 saturated heterocycles. The summed E-state index contributed by atoms with van der Waals surface area (Å²) in [5, 5.41) is 0. The predicted octanol–water partition coefficient (Wildman–Crippen LogP) is 3.37. The number of fused-ring (bicyclic) bond motifs is 1. The molecule has 1 amide bonds. The Bertz CT molecular complexity index is 717. The van der Waals surface area contributed by atoms with Gasteiger partial charge in [0.05, 0.1) is 5.56 Å². The first-order valence-corrected chi connectivity index (χ1v) is 7.45. The number of carbonyl (C=O) groups excluding carboxylic acids is 1. The Balaban J connectivity index is 1.88. The SMILES string of the molecule is Nc1ccc2c(c1)CN(C(=O)c1cc(Br)ccc1F)CC2. The summed E-state index contributed by atoms with van der Waals surface area (Å²) < 4.78 is 14.5. The third kappa shape index (κ3) is 2.78. The summed E-state index contributed by atoms with van der Waals surface area (Å²) in [6.07, 6.45) is 0.761. The van der Waals surface area contributed by atoms with Gasteiger partial charge in [0.15, 0.2) is 0 Å². The maximum Gasteiger partial charge on any atom is 0.257 e. The number of amides is 1. The average molecular weight is 349 g/mol. The van der Waals surface area contributed by atoms with Crippen molar-refractivity contribution in [1.82, 2.24) is 4.90 Å². The summed E-state index contributed by atoms with van der Waals surface area (Å²) in [5.74, 6) is -0.788. The summed E-state index contributed by atoms with van der Waals surface area (Å²) >= 11 is 3.27. The lowest BCUT2D eigenvalue weighted by Crippen LogP contribution is -2.36. The molecule has 1 heterocycles. The maximum atomic E-state index is 13.8. The fourth-order valence-corrected chi connectivity index (χ4v) is 2.94. The van der Waals surface area contributed by atoms with Gasteiger partial charge in [-0.2, -0.15) is 0 Å². The molecule has 0 unspecified atom stereocenters. The number of nitrogens with zero attached hydrogens (tertiary/aromatic N) is 1. The molecule has 1 aliphatic rings. The Morgan fingerprint density at radius 2 is 2.00 bits per heavy atom. The van der Waals surface area contributed by atoms with Crippen LogP contribution in [0.5, 0.6) is 0 Å². The molecule has 0 bridgehead atoms. The topological polar surface area (TPSA) is 46.3 Å². The Morgan fingerprint density at radius 3 is 2.81 bits per heavy atom. The summed E-state index contributed by atoms with van der Waals surface area (Å²) in [4.78, 5) is 14.2. The predicted molar refractivity (Wildman–Crippen MR) is 83.4 cm³/mol. The molecular formula is C16H14BrFN2O. The number of hydrogen-bond acceptors (Lipinski definition) is 2. The summed E-state index contributed by atoms with van der Waals surface area (Å²) in [6, 6.07) is 10.1. The number of hydrogen-bond donors (Lipinski definition) is 1. The smallest absolute Gasteiger partial charge is 0.257 e. The van der Waals surface area contributed by atoms with Crippen LogP contribution in [-0.4, -0.2) is 17.4 Å². The van der Waals surface area contributed by atoms with Crippen molar-refractivity contribution in [3.63, 3.8) is 0 Å². The second kappa shape index (κ2) is 5.48. The third-order valence-electron chi connectivity index (χ3n) is 3.69. The highest BCUT2D eigenvalue weighted by Crippen LogP contribution is 2.24. The van der Waals surface area contributed by atoms with Gasteiger partial charge in [-0.1, -0.05) is 22.0 Å². The van der Waals surface area contributed by atoms with E-state index in [4.69, 9.17) is 5.73 Å². The van der Waals surface area contributed by atoms with E-state index >= 15 is 0 Å². The minimum absolute atomic E-state index is 0.0942. The second-order valence-corrected chi connectivity index (χ2v) is 6.04. The maximum absolute atomic E-state index is 13.8. The Labute approximate surface area is 130 Å². The number of rotatable bonds is 1. The molecule has 1 aliphatic heterocycles. The molecule has 2 aromatic rings. The molecule has 0 spiro atoms. The van der Waals surface area contributed by atoms with Gasteiger partial charge in [0, 0.05) is 23.2 Å². The lowest BCUT2D eigenvalue weighted by Gasteiger charge is -2.29. The van der Waals surface area contributed by atoms with E-state index in [1.54, 1.807) is 11.0 Å². The van der Waals surface area contributed by atoms with E-state index in [9.17, 15) is 9.18 Å². The van der Waals surface area contributed by atoms with E-state index < -0.39 is 5.82 Å². The fourth-order valence-electron chi connectivity index (χ4n) is 2.58. The summed E-state index contributed by atoms with van der Waals surface area (Å²) in [5.41, 5.74) is 8.79. The Morgan fingerprint density at radius 1 is 1.19 bits per heavy atom. The van der Waals surface area contributed by atoms with Crippen molar-refractivity contribution in [3.05, 3.63) is 63.4 Å². The molecule has 2 aromatic carbocycles. The average Bonchev–Trinajstić information content (AvgIpc) is 2.48. The summed E-state index contributed by atoms with van der Waals surface area (Å²) in [6.45, 7) is 1.05. The van der Waals surface area contributed by atoms with Crippen molar-refractivity contribution in [3.8, 4) is 0 Å². The van der Waals surface area contributed by atoms with E-state index in [0.29, 0.717) is 23.2 Å². The molecular weight excluding hydrogens is 335 g/mol. The molecule has 0 saturated carbocycles. The van der Waals surface area contributed by atoms with Crippen LogP contribution in [0.15, 0.2) is 40.9 Å². The van der Waals surface area contributed by atoms with E-state index in [1.165, 1.54) is 17.7 Å². The lowest BCUT2D eigenvalue weighted by molar-refractivity contribution is 0.0730. The highest BCUT2D eigenvalue weighted by atomic mass is 79.9. The van der Waals surface area contributed by atoms with Crippen LogP contribution >= 0.6 is 15.9 Å². The van der Waals surface area contributed by atoms with Crippen LogP contribution in [-0.2, 0) is 13.0 Å². The molecule has 0 fully saturated rings. The number of halogens is 2. The van der Waals surface area contributed by atoms with Gasteiger partial charge in [-0.15, -0.1) is 0 Å². The molecule has 3 rings (SSSR count). The van der Waals surface area contributed by atoms with Gasteiger partial charge in [-0.3, -0.25) is 4.79 Å². The van der Waals surface area contributed by atoms with Crippen LogP contribution in [0.1, 0.15) is 21.5 Å². The molecule has 21 heavy (non-hydrogen) atoms. The number of benzene rings is 2. The van der Waals surface area contributed by atoms with Gasteiger partial charge in [0.25, 0.3) is 5.91 Å². The minimum Gasteiger partial charge on any atom is -0.399 e. The molecule has 108 valence electrons. The molecule has 3 nitrogen and oxygen atoms in total. The van der Waals surface area contributed by atoms with Gasteiger partial charge < -0.3 is 10.6 Å². The molecule has 0 radical (unpaired) electrons. The summed E-state index contributed by atoms with van der Waals surface area (Å²) in [7, 11) is 0. The molecule has 0 atom stereocenters. The van der Waals surface area contributed by atoms with Crippen molar-refractivity contribution in [2.45, 2.75) is 13.0 Å². The Hall–Kier alpha value is -1.88. The normalized spacial score (nSPS) is 13.9. The number of nitrogens with two attached hydrogens (primary N) is 1. The van der Waals surface area contributed by atoms with E-state index in [-0.39, 0.29) is 11.5 Å². The first-order valence-electron chi connectivity index (χ1n) is 6.66. The van der Waals surface area contributed by atoms with Gasteiger partial charge in [0.1, 0.15) is 5.82 Å². The zero-order valence-electron chi connectivity index (χ0n) is 11.3. The number of carbonyl (C=O) groups is 1. The zero-order valence-corrected chi connectivity index (χ0v) is 12.9. The second-order valence-electron chi connectivity index (χ2n) is 5.13. The molecule has 0 aliphatic carbocycles. The van der Waals surface area contributed by atoms with Crippen molar-refractivity contribution < 1.29 is 9.18 Å².